The second kappa shape index (κ2) is 7.70. The van der Waals surface area contributed by atoms with E-state index in [0.29, 0.717) is 12.5 Å². The molecule has 1 aliphatic carbocycles. The summed E-state index contributed by atoms with van der Waals surface area (Å²) in [5.74, 6) is 1.46. The maximum Gasteiger partial charge on any atom is 0.238 e. The number of hydrogen-bond acceptors (Lipinski definition) is 3. The molecule has 3 rings (SSSR count). The molecule has 0 spiro atoms. The number of nitrogens with one attached hydrogen (secondary N) is 2. The van der Waals surface area contributed by atoms with Gasteiger partial charge in [-0.25, -0.2) is 0 Å². The van der Waals surface area contributed by atoms with Crippen LogP contribution in [0.25, 0.3) is 0 Å². The van der Waals surface area contributed by atoms with Crippen LogP contribution in [0.1, 0.15) is 35.6 Å². The normalized spacial score (nSPS) is 14.8. The smallest absolute Gasteiger partial charge is 0.238 e. The zero-order chi connectivity index (χ0) is 17.8. The Morgan fingerprint density at radius 3 is 2.32 bits per heavy atom. The van der Waals surface area contributed by atoms with Crippen molar-refractivity contribution in [2.45, 2.75) is 32.7 Å². The van der Waals surface area contributed by atoms with Gasteiger partial charge in [0.2, 0.25) is 5.91 Å². The second-order valence-corrected chi connectivity index (χ2v) is 6.89. The topological polar surface area (TPSA) is 50.4 Å². The van der Waals surface area contributed by atoms with Crippen molar-refractivity contribution in [1.82, 2.24) is 5.32 Å². The number of carbonyl (C=O) groups excluding carboxylic acids is 1. The molecule has 4 nitrogen and oxygen atoms in total. The van der Waals surface area contributed by atoms with E-state index in [4.69, 9.17) is 4.74 Å². The average Bonchev–Trinajstić information content (AvgIpc) is 3.39. The average molecular weight is 338 g/mol. The molecule has 0 saturated heterocycles. The van der Waals surface area contributed by atoms with Crippen molar-refractivity contribution in [2.24, 2.45) is 5.92 Å². The van der Waals surface area contributed by atoms with Crippen LogP contribution in [-0.4, -0.2) is 19.6 Å². The first-order chi connectivity index (χ1) is 12.0. The van der Waals surface area contributed by atoms with E-state index in [-0.39, 0.29) is 11.9 Å². The molecule has 2 N–H and O–H groups in total. The predicted molar refractivity (Wildman–Crippen MR) is 101 cm³/mol. The molecule has 0 bridgehead atoms. The SMILES string of the molecule is COc1ccc(C(NCC(=O)Nc2cc(C)cc(C)c2)C2CC2)cc1. The number of aryl methyl sites for hydroxylation is 2. The molecule has 1 atom stereocenters. The molecule has 0 aliphatic heterocycles. The molecule has 2 aromatic rings. The Labute approximate surface area is 149 Å². The molecular formula is C21H26N2O2. The molecule has 25 heavy (non-hydrogen) atoms. The standard InChI is InChI=1S/C21H26N2O2/c1-14-10-15(2)12-18(11-14)23-20(24)13-22-21(16-4-5-16)17-6-8-19(25-3)9-7-17/h6-12,16,21-22H,4-5,13H2,1-3H3,(H,23,24). The van der Waals surface area contributed by atoms with Crippen molar-refractivity contribution < 1.29 is 9.53 Å². The van der Waals surface area contributed by atoms with E-state index in [1.807, 2.05) is 38.1 Å². The Hall–Kier alpha value is -2.33. The van der Waals surface area contributed by atoms with Crippen LogP contribution in [0.3, 0.4) is 0 Å². The van der Waals surface area contributed by atoms with Crippen molar-refractivity contribution >= 4 is 11.6 Å². The maximum atomic E-state index is 12.3. The van der Waals surface area contributed by atoms with Gasteiger partial charge in [0, 0.05) is 11.7 Å². The monoisotopic (exact) mass is 338 g/mol. The lowest BCUT2D eigenvalue weighted by Gasteiger charge is -2.19. The second-order valence-electron chi connectivity index (χ2n) is 6.89. The van der Waals surface area contributed by atoms with Crippen LogP contribution in [0.4, 0.5) is 5.69 Å². The van der Waals surface area contributed by atoms with Crippen LogP contribution in [0.15, 0.2) is 42.5 Å². The minimum Gasteiger partial charge on any atom is -0.497 e. The third kappa shape index (κ3) is 4.83. The molecule has 1 aliphatic rings. The summed E-state index contributed by atoms with van der Waals surface area (Å²) in [6.45, 7) is 4.38. The Kier molecular flexibility index (Phi) is 5.39. The van der Waals surface area contributed by atoms with E-state index in [1.165, 1.54) is 18.4 Å². The van der Waals surface area contributed by atoms with Crippen LogP contribution >= 0.6 is 0 Å². The van der Waals surface area contributed by atoms with Gasteiger partial charge in [-0.2, -0.15) is 0 Å². The number of amides is 1. The summed E-state index contributed by atoms with van der Waals surface area (Å²) in [5, 5.41) is 6.42. The fourth-order valence-corrected chi connectivity index (χ4v) is 3.25. The molecule has 2 aromatic carbocycles. The van der Waals surface area contributed by atoms with E-state index >= 15 is 0 Å². The highest BCUT2D eigenvalue weighted by Gasteiger charge is 2.32. The lowest BCUT2D eigenvalue weighted by Crippen LogP contribution is -2.32. The lowest BCUT2D eigenvalue weighted by molar-refractivity contribution is -0.115. The number of hydrogen-bond donors (Lipinski definition) is 2. The van der Waals surface area contributed by atoms with Gasteiger partial charge < -0.3 is 15.4 Å². The molecule has 0 heterocycles. The van der Waals surface area contributed by atoms with E-state index in [0.717, 1.165) is 22.6 Å². The summed E-state index contributed by atoms with van der Waals surface area (Å²) in [5.41, 5.74) is 4.37. The Bertz CT molecular complexity index is 716. The van der Waals surface area contributed by atoms with Gasteiger partial charge in [-0.3, -0.25) is 4.79 Å². The van der Waals surface area contributed by atoms with Gasteiger partial charge >= 0.3 is 0 Å². The predicted octanol–water partition coefficient (Wildman–Crippen LogP) is 3.99. The molecule has 1 unspecified atom stereocenters. The van der Waals surface area contributed by atoms with E-state index in [2.05, 4.69) is 28.8 Å². The number of rotatable bonds is 7. The number of methoxy groups -OCH3 is 1. The fourth-order valence-electron chi connectivity index (χ4n) is 3.25. The quantitative estimate of drug-likeness (QED) is 0.802. The Morgan fingerprint density at radius 1 is 1.12 bits per heavy atom. The van der Waals surface area contributed by atoms with Crippen molar-refractivity contribution in [1.29, 1.82) is 0 Å². The van der Waals surface area contributed by atoms with Gasteiger partial charge in [-0.1, -0.05) is 18.2 Å². The number of benzene rings is 2. The van der Waals surface area contributed by atoms with Crippen molar-refractivity contribution in [3.8, 4) is 5.75 Å². The molecule has 0 radical (unpaired) electrons. The van der Waals surface area contributed by atoms with Gasteiger partial charge in [0.25, 0.3) is 0 Å². The first-order valence-corrected chi connectivity index (χ1v) is 8.80. The van der Waals surface area contributed by atoms with Gasteiger partial charge in [-0.15, -0.1) is 0 Å². The van der Waals surface area contributed by atoms with Crippen LogP contribution in [0, 0.1) is 19.8 Å². The Balaban J connectivity index is 1.60. The van der Waals surface area contributed by atoms with Crippen LogP contribution in [-0.2, 0) is 4.79 Å². The van der Waals surface area contributed by atoms with Gasteiger partial charge in [0.15, 0.2) is 0 Å². The summed E-state index contributed by atoms with van der Waals surface area (Å²) in [6.07, 6.45) is 2.42. The van der Waals surface area contributed by atoms with Crippen molar-refractivity contribution in [3.05, 3.63) is 59.2 Å². The van der Waals surface area contributed by atoms with Crippen molar-refractivity contribution in [3.63, 3.8) is 0 Å². The van der Waals surface area contributed by atoms with Gasteiger partial charge in [-0.05, 0) is 73.6 Å². The minimum absolute atomic E-state index is 0.0100. The van der Waals surface area contributed by atoms with Crippen LogP contribution in [0.5, 0.6) is 5.75 Å². The Morgan fingerprint density at radius 2 is 1.76 bits per heavy atom. The highest BCUT2D eigenvalue weighted by atomic mass is 16.5. The zero-order valence-corrected chi connectivity index (χ0v) is 15.1. The first-order valence-electron chi connectivity index (χ1n) is 8.80. The summed E-state index contributed by atoms with van der Waals surface area (Å²) < 4.78 is 5.22. The maximum absolute atomic E-state index is 12.3. The minimum atomic E-state index is -0.0100. The molecule has 1 fully saturated rings. The van der Waals surface area contributed by atoms with Gasteiger partial charge in [0.05, 0.1) is 13.7 Å². The summed E-state index contributed by atoms with van der Waals surface area (Å²) in [6, 6.07) is 14.4. The third-order valence-electron chi connectivity index (χ3n) is 4.56. The molecule has 4 heteroatoms. The van der Waals surface area contributed by atoms with E-state index in [9.17, 15) is 4.79 Å². The molecule has 0 aromatic heterocycles. The van der Waals surface area contributed by atoms with Crippen LogP contribution < -0.4 is 15.4 Å². The zero-order valence-electron chi connectivity index (χ0n) is 15.1. The summed E-state index contributed by atoms with van der Waals surface area (Å²) in [7, 11) is 1.67. The van der Waals surface area contributed by atoms with E-state index < -0.39 is 0 Å². The molecule has 132 valence electrons. The van der Waals surface area contributed by atoms with Gasteiger partial charge in [0.1, 0.15) is 5.75 Å². The van der Waals surface area contributed by atoms with Crippen LogP contribution in [0.2, 0.25) is 0 Å². The summed E-state index contributed by atoms with van der Waals surface area (Å²) >= 11 is 0. The highest BCUT2D eigenvalue weighted by Crippen LogP contribution is 2.41. The summed E-state index contributed by atoms with van der Waals surface area (Å²) in [4.78, 5) is 12.3. The largest absolute Gasteiger partial charge is 0.497 e. The fraction of sp³-hybridized carbons (Fsp3) is 0.381. The third-order valence-corrected chi connectivity index (χ3v) is 4.56. The molecular weight excluding hydrogens is 312 g/mol. The number of ether oxygens (including phenoxy) is 1. The first kappa shape index (κ1) is 17.5. The highest BCUT2D eigenvalue weighted by molar-refractivity contribution is 5.92. The number of carbonyl (C=O) groups is 1. The lowest BCUT2D eigenvalue weighted by atomic mass is 10.0. The molecule has 1 amide bonds. The van der Waals surface area contributed by atoms with E-state index in [1.54, 1.807) is 7.11 Å². The number of anilines is 1. The molecule has 1 saturated carbocycles. The van der Waals surface area contributed by atoms with Crippen molar-refractivity contribution in [2.75, 3.05) is 19.0 Å².